The molecule has 0 aromatic carbocycles. The third-order valence-corrected chi connectivity index (χ3v) is 3.39. The van der Waals surface area contributed by atoms with Gasteiger partial charge in [0.15, 0.2) is 5.79 Å². The maximum Gasteiger partial charge on any atom is 0.410 e. The van der Waals surface area contributed by atoms with Crippen molar-refractivity contribution in [3.05, 3.63) is 0 Å². The Morgan fingerprint density at radius 3 is 2.24 bits per heavy atom. The van der Waals surface area contributed by atoms with Crippen LogP contribution in [-0.4, -0.2) is 61.9 Å². The normalized spacial score (nSPS) is 22.5. The van der Waals surface area contributed by atoms with E-state index < -0.39 is 11.4 Å². The molecule has 1 rings (SSSR count). The van der Waals surface area contributed by atoms with Gasteiger partial charge in [-0.05, 0) is 34.6 Å². The molecule has 21 heavy (non-hydrogen) atoms. The molecule has 0 aromatic rings. The molecule has 1 amide bonds. The molecule has 1 aliphatic rings. The van der Waals surface area contributed by atoms with E-state index in [4.69, 9.17) is 18.9 Å². The number of likely N-dealkylation sites (tertiary alicyclic amines) is 1. The van der Waals surface area contributed by atoms with Crippen molar-refractivity contribution in [2.24, 2.45) is 0 Å². The second kappa shape index (κ2) is 6.94. The van der Waals surface area contributed by atoms with Crippen LogP contribution in [0.4, 0.5) is 4.79 Å². The zero-order chi connectivity index (χ0) is 16.3. The van der Waals surface area contributed by atoms with Gasteiger partial charge in [-0.1, -0.05) is 0 Å². The minimum Gasteiger partial charge on any atom is -0.444 e. The van der Waals surface area contributed by atoms with Gasteiger partial charge in [-0.15, -0.1) is 0 Å². The van der Waals surface area contributed by atoms with E-state index in [-0.39, 0.29) is 18.3 Å². The summed E-state index contributed by atoms with van der Waals surface area (Å²) in [6.45, 7) is 10.3. The average Bonchev–Trinajstić information content (AvgIpc) is 2.36. The maximum absolute atomic E-state index is 12.2. The van der Waals surface area contributed by atoms with E-state index >= 15 is 0 Å². The Bertz CT molecular complexity index is 346. The molecule has 0 spiro atoms. The zero-order valence-corrected chi connectivity index (χ0v) is 14.3. The van der Waals surface area contributed by atoms with Crippen molar-refractivity contribution >= 4 is 6.09 Å². The van der Waals surface area contributed by atoms with E-state index in [2.05, 4.69) is 0 Å². The molecule has 0 aromatic heterocycles. The van der Waals surface area contributed by atoms with Crippen LogP contribution in [0.3, 0.4) is 0 Å². The molecule has 0 aliphatic carbocycles. The lowest BCUT2D eigenvalue weighted by Crippen LogP contribution is -2.60. The second-order valence-electron chi connectivity index (χ2n) is 6.57. The highest BCUT2D eigenvalue weighted by molar-refractivity contribution is 5.68. The molecular formula is C15H29NO5. The fourth-order valence-electron chi connectivity index (χ4n) is 2.40. The van der Waals surface area contributed by atoms with Crippen LogP contribution in [0, 0.1) is 0 Å². The average molecular weight is 303 g/mol. The van der Waals surface area contributed by atoms with Crippen molar-refractivity contribution in [3.8, 4) is 0 Å². The van der Waals surface area contributed by atoms with Crippen LogP contribution in [0.5, 0.6) is 0 Å². The van der Waals surface area contributed by atoms with E-state index in [0.717, 1.165) is 0 Å². The summed E-state index contributed by atoms with van der Waals surface area (Å²) in [6, 6.07) is 0. The molecule has 0 radical (unpaired) electrons. The van der Waals surface area contributed by atoms with Gasteiger partial charge in [-0.2, -0.15) is 0 Å². The Balaban J connectivity index is 2.81. The molecule has 6 nitrogen and oxygen atoms in total. The van der Waals surface area contributed by atoms with Gasteiger partial charge in [0.25, 0.3) is 0 Å². The number of methoxy groups -OCH3 is 2. The first-order valence-electron chi connectivity index (χ1n) is 7.37. The van der Waals surface area contributed by atoms with Crippen LogP contribution in [0.2, 0.25) is 0 Å². The van der Waals surface area contributed by atoms with Crippen molar-refractivity contribution in [1.29, 1.82) is 0 Å². The lowest BCUT2D eigenvalue weighted by molar-refractivity contribution is -0.292. The lowest BCUT2D eigenvalue weighted by atomic mass is 10.00. The highest BCUT2D eigenvalue weighted by atomic mass is 16.7. The molecule has 1 atom stereocenters. The molecule has 1 fully saturated rings. The van der Waals surface area contributed by atoms with E-state index in [1.807, 2.05) is 34.6 Å². The Hall–Kier alpha value is -0.850. The largest absolute Gasteiger partial charge is 0.444 e. The highest BCUT2D eigenvalue weighted by Crippen LogP contribution is 2.30. The summed E-state index contributed by atoms with van der Waals surface area (Å²) in [5.74, 6) is -0.817. The van der Waals surface area contributed by atoms with Crippen molar-refractivity contribution in [2.45, 2.75) is 64.6 Å². The van der Waals surface area contributed by atoms with Gasteiger partial charge in [-0.25, -0.2) is 4.79 Å². The minimum atomic E-state index is -0.817. The van der Waals surface area contributed by atoms with E-state index in [1.165, 1.54) is 0 Å². The molecule has 0 bridgehead atoms. The van der Waals surface area contributed by atoms with Crippen LogP contribution in [-0.2, 0) is 18.9 Å². The maximum atomic E-state index is 12.2. The number of hydrogen-bond acceptors (Lipinski definition) is 5. The number of piperidine rings is 1. The van der Waals surface area contributed by atoms with Crippen molar-refractivity contribution in [1.82, 2.24) is 4.90 Å². The third kappa shape index (κ3) is 4.83. The third-order valence-electron chi connectivity index (χ3n) is 3.39. The minimum absolute atomic E-state index is 0.0123. The van der Waals surface area contributed by atoms with Gasteiger partial charge in [0.1, 0.15) is 11.7 Å². The molecule has 6 heteroatoms. The van der Waals surface area contributed by atoms with E-state index in [0.29, 0.717) is 19.5 Å². The summed E-state index contributed by atoms with van der Waals surface area (Å²) < 4.78 is 22.4. The van der Waals surface area contributed by atoms with Gasteiger partial charge in [0.05, 0.1) is 12.6 Å². The molecule has 1 saturated heterocycles. The fourth-order valence-corrected chi connectivity index (χ4v) is 2.40. The molecule has 1 unspecified atom stereocenters. The lowest BCUT2D eigenvalue weighted by Gasteiger charge is -2.45. The number of hydrogen-bond donors (Lipinski definition) is 0. The van der Waals surface area contributed by atoms with Crippen molar-refractivity contribution < 1.29 is 23.7 Å². The predicted octanol–water partition coefficient (Wildman–Crippen LogP) is 2.41. The fraction of sp³-hybridized carbons (Fsp3) is 0.933. The highest BCUT2D eigenvalue weighted by Gasteiger charge is 2.47. The van der Waals surface area contributed by atoms with E-state index in [9.17, 15) is 4.79 Å². The van der Waals surface area contributed by atoms with Gasteiger partial charge in [0, 0.05) is 27.2 Å². The Morgan fingerprint density at radius 2 is 1.81 bits per heavy atom. The standard InChI is InChI=1S/C15H29NO5/c1-11(2)20-12-10-16(13(17)21-14(3,4)5)9-8-15(12,18-6)19-7/h11-12H,8-10H2,1-7H3. The van der Waals surface area contributed by atoms with Gasteiger partial charge >= 0.3 is 6.09 Å². The Kier molecular flexibility index (Phi) is 6.01. The topological polar surface area (TPSA) is 57.2 Å². The number of rotatable bonds is 4. The first-order chi connectivity index (χ1) is 9.63. The van der Waals surface area contributed by atoms with Crippen molar-refractivity contribution in [2.75, 3.05) is 27.3 Å². The SMILES string of the molecule is COC1(OC)CCN(C(=O)OC(C)(C)C)CC1OC(C)C. The number of carbonyl (C=O) groups excluding carboxylic acids is 1. The summed E-state index contributed by atoms with van der Waals surface area (Å²) >= 11 is 0. The summed E-state index contributed by atoms with van der Waals surface area (Å²) in [4.78, 5) is 13.8. The first-order valence-corrected chi connectivity index (χ1v) is 7.37. The Labute approximate surface area is 127 Å². The summed E-state index contributed by atoms with van der Waals surface area (Å²) in [5.41, 5.74) is -0.511. The van der Waals surface area contributed by atoms with Crippen LogP contribution in [0.15, 0.2) is 0 Å². The molecule has 0 N–H and O–H groups in total. The van der Waals surface area contributed by atoms with Crippen LogP contribution >= 0.6 is 0 Å². The first kappa shape index (κ1) is 18.2. The predicted molar refractivity (Wildman–Crippen MR) is 79.2 cm³/mol. The second-order valence-corrected chi connectivity index (χ2v) is 6.57. The number of nitrogens with zero attached hydrogens (tertiary/aromatic N) is 1. The summed E-state index contributed by atoms with van der Waals surface area (Å²) in [5, 5.41) is 0. The number of ether oxygens (including phenoxy) is 4. The Morgan fingerprint density at radius 1 is 1.24 bits per heavy atom. The molecule has 1 heterocycles. The number of amides is 1. The zero-order valence-electron chi connectivity index (χ0n) is 14.3. The van der Waals surface area contributed by atoms with Gasteiger partial charge in [0.2, 0.25) is 0 Å². The smallest absolute Gasteiger partial charge is 0.410 e. The quantitative estimate of drug-likeness (QED) is 0.747. The molecule has 1 aliphatic heterocycles. The summed E-state index contributed by atoms with van der Waals surface area (Å²) in [7, 11) is 3.20. The van der Waals surface area contributed by atoms with Gasteiger partial charge in [-0.3, -0.25) is 0 Å². The number of carbonyl (C=O) groups is 1. The molecule has 0 saturated carbocycles. The monoisotopic (exact) mass is 303 g/mol. The van der Waals surface area contributed by atoms with E-state index in [1.54, 1.807) is 19.1 Å². The van der Waals surface area contributed by atoms with Gasteiger partial charge < -0.3 is 23.8 Å². The molecule has 124 valence electrons. The van der Waals surface area contributed by atoms with Crippen LogP contribution in [0.1, 0.15) is 41.0 Å². The van der Waals surface area contributed by atoms with Crippen LogP contribution < -0.4 is 0 Å². The van der Waals surface area contributed by atoms with Crippen molar-refractivity contribution in [3.63, 3.8) is 0 Å². The van der Waals surface area contributed by atoms with Crippen LogP contribution in [0.25, 0.3) is 0 Å². The summed E-state index contributed by atoms with van der Waals surface area (Å²) in [6.07, 6.45) is -0.135. The molecular weight excluding hydrogens is 274 g/mol.